The molecule has 0 aromatic carbocycles. The SMILES string of the molecule is C=CCC[C@H]1CN(c2nc(N)c(C(=O)NC(=N)NC(C)=O)nc2Cl)CCN1C1CCN(C(=O)c2ccc(Cl)nc2N)CC1. The van der Waals surface area contributed by atoms with E-state index in [1.807, 2.05) is 11.0 Å². The fraction of sp³-hybridized carbons (Fsp3) is 0.444. The van der Waals surface area contributed by atoms with Crippen molar-refractivity contribution in [3.63, 3.8) is 0 Å². The molecule has 2 aromatic heterocycles. The molecular formula is C27H35Cl2N11O3. The molecule has 3 amide bonds. The van der Waals surface area contributed by atoms with Crippen LogP contribution in [0.5, 0.6) is 0 Å². The number of allylic oxidation sites excluding steroid dienone is 1. The smallest absolute Gasteiger partial charge is 0.280 e. The zero-order valence-corrected chi connectivity index (χ0v) is 25.3. The van der Waals surface area contributed by atoms with Gasteiger partial charge in [-0.1, -0.05) is 29.3 Å². The third-order valence-corrected chi connectivity index (χ3v) is 7.96. The van der Waals surface area contributed by atoms with Crippen LogP contribution in [-0.2, 0) is 4.79 Å². The van der Waals surface area contributed by atoms with Gasteiger partial charge in [-0.3, -0.25) is 35.3 Å². The number of rotatable bonds is 7. The van der Waals surface area contributed by atoms with Crippen LogP contribution in [0.25, 0.3) is 0 Å². The van der Waals surface area contributed by atoms with Crippen LogP contribution in [0.1, 0.15) is 53.5 Å². The minimum atomic E-state index is -0.814. The first-order valence-corrected chi connectivity index (χ1v) is 14.6. The first-order chi connectivity index (χ1) is 20.5. The number of hydrogen-bond donors (Lipinski definition) is 5. The van der Waals surface area contributed by atoms with E-state index in [0.29, 0.717) is 37.6 Å². The zero-order valence-electron chi connectivity index (χ0n) is 23.8. The lowest BCUT2D eigenvalue weighted by atomic mass is 9.96. The summed E-state index contributed by atoms with van der Waals surface area (Å²) < 4.78 is 0. The van der Waals surface area contributed by atoms with E-state index >= 15 is 0 Å². The Morgan fingerprint density at radius 2 is 1.79 bits per heavy atom. The molecule has 2 aromatic rings. The lowest BCUT2D eigenvalue weighted by molar-refractivity contribution is -0.117. The number of carbonyl (C=O) groups excluding carboxylic acids is 3. The Bertz CT molecular complexity index is 1410. The number of nitrogen functional groups attached to an aromatic ring is 2. The van der Waals surface area contributed by atoms with Gasteiger partial charge in [0.1, 0.15) is 11.0 Å². The van der Waals surface area contributed by atoms with E-state index in [4.69, 9.17) is 40.1 Å². The zero-order chi connectivity index (χ0) is 31.3. The fourth-order valence-corrected chi connectivity index (χ4v) is 5.88. The Kier molecular flexibility index (Phi) is 10.4. The van der Waals surface area contributed by atoms with Crippen LogP contribution < -0.4 is 27.0 Å². The summed E-state index contributed by atoms with van der Waals surface area (Å²) >= 11 is 12.4. The van der Waals surface area contributed by atoms with Crippen LogP contribution in [-0.4, -0.2) is 93.2 Å². The third kappa shape index (κ3) is 7.69. The summed E-state index contributed by atoms with van der Waals surface area (Å²) in [5.41, 5.74) is 12.1. The number of aromatic nitrogens is 3. The van der Waals surface area contributed by atoms with Gasteiger partial charge in [0.25, 0.3) is 11.8 Å². The van der Waals surface area contributed by atoms with Gasteiger partial charge in [-0.25, -0.2) is 15.0 Å². The van der Waals surface area contributed by atoms with E-state index in [2.05, 4.69) is 37.1 Å². The highest BCUT2D eigenvalue weighted by molar-refractivity contribution is 6.32. The molecule has 2 fully saturated rings. The summed E-state index contributed by atoms with van der Waals surface area (Å²) in [6, 6.07) is 3.60. The lowest BCUT2D eigenvalue weighted by Crippen LogP contribution is -2.59. The maximum absolute atomic E-state index is 13.1. The predicted molar refractivity (Wildman–Crippen MR) is 165 cm³/mol. The van der Waals surface area contributed by atoms with Crippen LogP contribution >= 0.6 is 23.2 Å². The molecule has 0 bridgehead atoms. The normalized spacial score (nSPS) is 17.8. The van der Waals surface area contributed by atoms with Crippen LogP contribution in [0, 0.1) is 5.41 Å². The minimum Gasteiger partial charge on any atom is -0.383 e. The molecule has 2 aliphatic rings. The monoisotopic (exact) mass is 631 g/mol. The molecule has 0 unspecified atom stereocenters. The number of carbonyl (C=O) groups is 3. The van der Waals surface area contributed by atoms with Crippen molar-refractivity contribution in [2.75, 3.05) is 49.1 Å². The summed E-state index contributed by atoms with van der Waals surface area (Å²) in [7, 11) is 0. The van der Waals surface area contributed by atoms with Crippen molar-refractivity contribution in [1.29, 1.82) is 5.41 Å². The molecule has 2 aliphatic heterocycles. The highest BCUT2D eigenvalue weighted by atomic mass is 35.5. The number of guanidine groups is 1. The van der Waals surface area contributed by atoms with Crippen molar-refractivity contribution in [2.24, 2.45) is 0 Å². The number of anilines is 3. The van der Waals surface area contributed by atoms with Crippen molar-refractivity contribution in [3.05, 3.63) is 46.4 Å². The molecule has 4 rings (SSSR count). The number of nitrogens with two attached hydrogens (primary N) is 2. The molecule has 230 valence electrons. The van der Waals surface area contributed by atoms with Gasteiger partial charge in [-0.2, -0.15) is 0 Å². The number of likely N-dealkylation sites (tertiary alicyclic amines) is 1. The van der Waals surface area contributed by atoms with Gasteiger partial charge in [0.05, 0.1) is 5.56 Å². The Balaban J connectivity index is 1.42. The first kappa shape index (κ1) is 31.9. The van der Waals surface area contributed by atoms with Gasteiger partial charge in [0, 0.05) is 51.7 Å². The van der Waals surface area contributed by atoms with E-state index in [0.717, 1.165) is 32.2 Å². The standard InChI is InChI=1S/C27H35Cl2N11O3/c1-3-4-5-17-14-39(24-21(29)35-20(23(31)36-24)25(42)37-27(32)33-15(2)41)12-13-40(17)16-8-10-38(11-9-16)26(43)18-6-7-19(28)34-22(18)30/h3,6-7,16-17H,1,4-5,8-14H2,2H3,(H2,30,34)(H2,31,36)(H3,32,33,37,41,42)/t17-/m0/s1. The summed E-state index contributed by atoms with van der Waals surface area (Å²) in [6.45, 7) is 8.21. The molecule has 0 spiro atoms. The Morgan fingerprint density at radius 3 is 2.44 bits per heavy atom. The van der Waals surface area contributed by atoms with E-state index in [1.165, 1.54) is 6.92 Å². The number of nitrogens with zero attached hydrogens (tertiary/aromatic N) is 6. The van der Waals surface area contributed by atoms with E-state index in [9.17, 15) is 14.4 Å². The third-order valence-electron chi connectivity index (χ3n) is 7.49. The van der Waals surface area contributed by atoms with E-state index in [-0.39, 0.29) is 45.6 Å². The molecule has 0 saturated carbocycles. The molecule has 2 saturated heterocycles. The highest BCUT2D eigenvalue weighted by Crippen LogP contribution is 2.30. The summed E-state index contributed by atoms with van der Waals surface area (Å²) in [5, 5.41) is 12.3. The molecular weight excluding hydrogens is 597 g/mol. The Labute approximate surface area is 259 Å². The maximum Gasteiger partial charge on any atom is 0.280 e. The summed E-state index contributed by atoms with van der Waals surface area (Å²) in [6.07, 6.45) is 5.18. The van der Waals surface area contributed by atoms with Crippen molar-refractivity contribution in [2.45, 2.75) is 44.7 Å². The molecule has 1 atom stereocenters. The van der Waals surface area contributed by atoms with Crippen LogP contribution in [0.3, 0.4) is 0 Å². The lowest BCUT2D eigenvalue weighted by Gasteiger charge is -2.48. The average molecular weight is 633 g/mol. The maximum atomic E-state index is 13.1. The second kappa shape index (κ2) is 14.0. The molecule has 0 aliphatic carbocycles. The van der Waals surface area contributed by atoms with Crippen molar-refractivity contribution in [1.82, 2.24) is 35.4 Å². The number of piperidine rings is 1. The molecule has 4 heterocycles. The van der Waals surface area contributed by atoms with Gasteiger partial charge in [-0.15, -0.1) is 6.58 Å². The number of amides is 3. The largest absolute Gasteiger partial charge is 0.383 e. The Morgan fingerprint density at radius 1 is 1.07 bits per heavy atom. The first-order valence-electron chi connectivity index (χ1n) is 13.8. The summed E-state index contributed by atoms with van der Waals surface area (Å²) in [4.78, 5) is 55.6. The van der Waals surface area contributed by atoms with Crippen molar-refractivity contribution >= 4 is 64.3 Å². The van der Waals surface area contributed by atoms with Gasteiger partial charge < -0.3 is 21.3 Å². The van der Waals surface area contributed by atoms with Crippen LogP contribution in [0.2, 0.25) is 10.3 Å². The summed E-state index contributed by atoms with van der Waals surface area (Å²) in [5.74, 6) is -1.64. The van der Waals surface area contributed by atoms with Crippen molar-refractivity contribution < 1.29 is 14.4 Å². The van der Waals surface area contributed by atoms with Crippen molar-refractivity contribution in [3.8, 4) is 0 Å². The minimum absolute atomic E-state index is 0.00381. The van der Waals surface area contributed by atoms with Gasteiger partial charge >= 0.3 is 0 Å². The number of piperazine rings is 1. The molecule has 43 heavy (non-hydrogen) atoms. The van der Waals surface area contributed by atoms with Gasteiger partial charge in [-0.05, 0) is 37.8 Å². The highest BCUT2D eigenvalue weighted by Gasteiger charge is 2.36. The fourth-order valence-electron chi connectivity index (χ4n) is 5.48. The topological polar surface area (TPSA) is 200 Å². The number of hydrogen-bond acceptors (Lipinski definition) is 11. The Hall–Kier alpha value is -4.01. The van der Waals surface area contributed by atoms with Gasteiger partial charge in [0.15, 0.2) is 22.5 Å². The molecule has 16 heteroatoms. The number of nitrogens with one attached hydrogen (secondary N) is 3. The van der Waals surface area contributed by atoms with E-state index < -0.39 is 17.8 Å². The van der Waals surface area contributed by atoms with Crippen LogP contribution in [0.15, 0.2) is 24.8 Å². The van der Waals surface area contributed by atoms with E-state index in [1.54, 1.807) is 17.0 Å². The average Bonchev–Trinajstić information content (AvgIpc) is 2.96. The second-order valence-corrected chi connectivity index (χ2v) is 11.1. The van der Waals surface area contributed by atoms with Gasteiger partial charge in [0.2, 0.25) is 11.9 Å². The molecule has 0 radical (unpaired) electrons. The molecule has 14 nitrogen and oxygen atoms in total. The number of halogens is 2. The van der Waals surface area contributed by atoms with Crippen LogP contribution in [0.4, 0.5) is 17.5 Å². The predicted octanol–water partition coefficient (Wildman–Crippen LogP) is 1.91. The second-order valence-electron chi connectivity index (χ2n) is 10.4. The number of pyridine rings is 1. The quantitative estimate of drug-likeness (QED) is 0.130. The molecule has 7 N–H and O–H groups in total.